The highest BCUT2D eigenvalue weighted by Gasteiger charge is 2.19. The summed E-state index contributed by atoms with van der Waals surface area (Å²) in [4.78, 5) is 12.4. The molecule has 1 aromatic carbocycles. The summed E-state index contributed by atoms with van der Waals surface area (Å²) in [6, 6.07) is 4.89. The number of carbonyl (C=O) groups excluding carboxylic acids is 1. The lowest BCUT2D eigenvalue weighted by Gasteiger charge is -2.22. The number of ether oxygens (including phenoxy) is 2. The van der Waals surface area contributed by atoms with Crippen molar-refractivity contribution in [3.63, 3.8) is 0 Å². The molecule has 28 heavy (non-hydrogen) atoms. The van der Waals surface area contributed by atoms with E-state index >= 15 is 0 Å². The van der Waals surface area contributed by atoms with Gasteiger partial charge >= 0.3 is 0 Å². The van der Waals surface area contributed by atoms with Crippen molar-refractivity contribution in [3.05, 3.63) is 47.0 Å². The Labute approximate surface area is 169 Å². The number of amides is 1. The van der Waals surface area contributed by atoms with Crippen LogP contribution in [0, 0.1) is 5.82 Å². The van der Waals surface area contributed by atoms with Crippen molar-refractivity contribution in [2.24, 2.45) is 0 Å². The number of rotatable bonds is 5. The highest BCUT2D eigenvalue weighted by Crippen LogP contribution is 2.29. The Morgan fingerprint density at radius 1 is 1.43 bits per heavy atom. The van der Waals surface area contributed by atoms with Gasteiger partial charge in [0.2, 0.25) is 0 Å². The van der Waals surface area contributed by atoms with Gasteiger partial charge in [-0.1, -0.05) is 0 Å². The normalized spacial score (nSPS) is 18.5. The fourth-order valence-electron chi connectivity index (χ4n) is 3.57. The van der Waals surface area contributed by atoms with E-state index in [0.29, 0.717) is 42.6 Å². The average Bonchev–Trinajstić information content (AvgIpc) is 3.19. The Hall–Kier alpha value is -2.16. The number of hydrogen-bond acceptors (Lipinski definition) is 5. The van der Waals surface area contributed by atoms with E-state index in [4.69, 9.17) is 9.47 Å². The minimum Gasteiger partial charge on any atom is -0.467 e. The molecule has 9 heteroatoms. The topological polar surface area (TPSA) is 77.4 Å². The zero-order chi connectivity index (χ0) is 18.6. The van der Waals surface area contributed by atoms with Crippen molar-refractivity contribution in [2.45, 2.75) is 31.9 Å². The minimum atomic E-state index is -0.330. The number of nitrogens with one attached hydrogen (secondary N) is 2. The first-order valence-electron chi connectivity index (χ1n) is 9.26. The van der Waals surface area contributed by atoms with Crippen LogP contribution in [-0.2, 0) is 17.8 Å². The lowest BCUT2D eigenvalue weighted by molar-refractivity contribution is -0.0172. The lowest BCUT2D eigenvalue weighted by Crippen LogP contribution is -2.32. The molecule has 1 aromatic heterocycles. The zero-order valence-electron chi connectivity index (χ0n) is 15.4. The molecule has 0 radical (unpaired) electrons. The number of hydrogen-bond donors (Lipinski definition) is 2. The SMILES string of the molecule is Cl.O=C(NCCc1cc(F)cc2c1OCOC2)c1ccn(C2CCCNC2)n1. The van der Waals surface area contributed by atoms with Crippen LogP contribution in [0.3, 0.4) is 0 Å². The molecule has 1 saturated heterocycles. The molecular formula is C19H24ClFN4O3. The molecule has 152 valence electrons. The van der Waals surface area contributed by atoms with E-state index in [0.717, 1.165) is 31.5 Å². The van der Waals surface area contributed by atoms with Gasteiger partial charge in [-0.15, -0.1) is 12.4 Å². The van der Waals surface area contributed by atoms with Crippen LogP contribution in [0.1, 0.15) is 40.5 Å². The number of piperidine rings is 1. The summed E-state index contributed by atoms with van der Waals surface area (Å²) in [5, 5.41) is 10.6. The average molecular weight is 411 g/mol. The fourth-order valence-corrected chi connectivity index (χ4v) is 3.57. The quantitative estimate of drug-likeness (QED) is 0.790. The summed E-state index contributed by atoms with van der Waals surface area (Å²) < 4.78 is 26.3. The fraction of sp³-hybridized carbons (Fsp3) is 0.474. The summed E-state index contributed by atoms with van der Waals surface area (Å²) in [6.45, 7) is 2.77. The first-order valence-corrected chi connectivity index (χ1v) is 9.26. The third-order valence-electron chi connectivity index (χ3n) is 4.92. The number of benzene rings is 1. The van der Waals surface area contributed by atoms with Gasteiger partial charge in [-0.25, -0.2) is 4.39 Å². The molecule has 0 saturated carbocycles. The van der Waals surface area contributed by atoms with E-state index in [2.05, 4.69) is 15.7 Å². The Morgan fingerprint density at radius 3 is 3.14 bits per heavy atom. The van der Waals surface area contributed by atoms with Gasteiger partial charge < -0.3 is 20.1 Å². The number of fused-ring (bicyclic) bond motifs is 1. The van der Waals surface area contributed by atoms with Crippen LogP contribution < -0.4 is 15.4 Å². The zero-order valence-corrected chi connectivity index (χ0v) is 16.3. The van der Waals surface area contributed by atoms with Gasteiger partial charge in [-0.3, -0.25) is 9.48 Å². The van der Waals surface area contributed by atoms with Crippen LogP contribution in [0.25, 0.3) is 0 Å². The summed E-state index contributed by atoms with van der Waals surface area (Å²) in [6.07, 6.45) is 4.49. The molecule has 0 spiro atoms. The van der Waals surface area contributed by atoms with Gasteiger partial charge in [0.05, 0.1) is 12.6 Å². The van der Waals surface area contributed by atoms with Crippen molar-refractivity contribution in [1.82, 2.24) is 20.4 Å². The second-order valence-electron chi connectivity index (χ2n) is 6.85. The second-order valence-corrected chi connectivity index (χ2v) is 6.85. The molecule has 4 rings (SSSR count). The summed E-state index contributed by atoms with van der Waals surface area (Å²) in [5.74, 6) is 0.0991. The number of carbonyl (C=O) groups is 1. The molecule has 7 nitrogen and oxygen atoms in total. The smallest absolute Gasteiger partial charge is 0.271 e. The Kier molecular flexibility index (Phi) is 6.88. The first kappa shape index (κ1) is 20.6. The third kappa shape index (κ3) is 4.63. The maximum atomic E-state index is 13.8. The Balaban J connectivity index is 0.00000225. The lowest BCUT2D eigenvalue weighted by atomic mass is 10.1. The number of nitrogens with zero attached hydrogens (tertiary/aromatic N) is 2. The summed E-state index contributed by atoms with van der Waals surface area (Å²) in [7, 11) is 0. The molecule has 2 aliphatic rings. The number of halogens is 2. The molecule has 1 amide bonds. The van der Waals surface area contributed by atoms with Crippen LogP contribution in [0.4, 0.5) is 4.39 Å². The first-order chi connectivity index (χ1) is 13.2. The molecule has 2 N–H and O–H groups in total. The van der Waals surface area contributed by atoms with Crippen molar-refractivity contribution < 1.29 is 18.7 Å². The van der Waals surface area contributed by atoms with Crippen molar-refractivity contribution in [2.75, 3.05) is 26.4 Å². The molecule has 3 heterocycles. The second kappa shape index (κ2) is 9.36. The Morgan fingerprint density at radius 2 is 2.32 bits per heavy atom. The van der Waals surface area contributed by atoms with Crippen molar-refractivity contribution in [3.8, 4) is 5.75 Å². The van der Waals surface area contributed by atoms with Gasteiger partial charge in [0.1, 0.15) is 17.3 Å². The van der Waals surface area contributed by atoms with Gasteiger partial charge in [0.25, 0.3) is 5.91 Å². The highest BCUT2D eigenvalue weighted by molar-refractivity contribution is 5.92. The minimum absolute atomic E-state index is 0. The van der Waals surface area contributed by atoms with Gasteiger partial charge in [0.15, 0.2) is 6.79 Å². The van der Waals surface area contributed by atoms with Crippen LogP contribution in [-0.4, -0.2) is 42.1 Å². The molecular weight excluding hydrogens is 387 g/mol. The molecule has 1 atom stereocenters. The molecule has 0 aliphatic carbocycles. The summed E-state index contributed by atoms with van der Waals surface area (Å²) in [5.41, 5.74) is 1.82. The van der Waals surface area contributed by atoms with E-state index in [1.807, 2.05) is 10.9 Å². The van der Waals surface area contributed by atoms with E-state index < -0.39 is 0 Å². The van der Waals surface area contributed by atoms with Crippen LogP contribution in [0.15, 0.2) is 24.4 Å². The van der Waals surface area contributed by atoms with Gasteiger partial charge in [0, 0.05) is 24.8 Å². The van der Waals surface area contributed by atoms with Crippen LogP contribution in [0.5, 0.6) is 5.75 Å². The van der Waals surface area contributed by atoms with Crippen molar-refractivity contribution in [1.29, 1.82) is 0 Å². The molecule has 1 fully saturated rings. The van der Waals surface area contributed by atoms with Crippen LogP contribution in [0.2, 0.25) is 0 Å². The largest absolute Gasteiger partial charge is 0.467 e. The van der Waals surface area contributed by atoms with Crippen LogP contribution >= 0.6 is 12.4 Å². The highest BCUT2D eigenvalue weighted by atomic mass is 35.5. The predicted molar refractivity (Wildman–Crippen MR) is 103 cm³/mol. The monoisotopic (exact) mass is 410 g/mol. The Bertz CT molecular complexity index is 824. The van der Waals surface area contributed by atoms with Gasteiger partial charge in [-0.2, -0.15) is 5.10 Å². The maximum absolute atomic E-state index is 13.8. The van der Waals surface area contributed by atoms with E-state index in [1.165, 1.54) is 12.1 Å². The maximum Gasteiger partial charge on any atom is 0.271 e. The van der Waals surface area contributed by atoms with E-state index in [9.17, 15) is 9.18 Å². The number of aromatic nitrogens is 2. The standard InChI is InChI=1S/C19H23FN4O3.ClH/c20-15-8-13(18-14(9-15)11-26-12-27-18)3-6-22-19(25)17-4-7-24(23-17)16-2-1-5-21-10-16;/h4,7-9,16,21H,1-3,5-6,10-12H2,(H,22,25);1H. The predicted octanol–water partition coefficient (Wildman–Crippen LogP) is 2.21. The summed E-state index contributed by atoms with van der Waals surface area (Å²) >= 11 is 0. The van der Waals surface area contributed by atoms with E-state index in [-0.39, 0.29) is 30.9 Å². The molecule has 1 unspecified atom stereocenters. The van der Waals surface area contributed by atoms with Crippen molar-refractivity contribution >= 4 is 18.3 Å². The third-order valence-corrected chi connectivity index (χ3v) is 4.92. The molecule has 2 aliphatic heterocycles. The molecule has 2 aromatic rings. The van der Waals surface area contributed by atoms with E-state index in [1.54, 1.807) is 6.07 Å². The molecule has 0 bridgehead atoms. The van der Waals surface area contributed by atoms with Gasteiger partial charge in [-0.05, 0) is 49.6 Å².